The number of methoxy groups -OCH3 is 1. The van der Waals surface area contributed by atoms with E-state index in [0.717, 1.165) is 61.2 Å². The number of hydrogen-bond donors (Lipinski definition) is 1. The van der Waals surface area contributed by atoms with Gasteiger partial charge in [0, 0.05) is 25.1 Å². The summed E-state index contributed by atoms with van der Waals surface area (Å²) < 4.78 is 10.9. The fourth-order valence-electron chi connectivity index (χ4n) is 3.92. The van der Waals surface area contributed by atoms with E-state index in [9.17, 15) is 4.79 Å². The van der Waals surface area contributed by atoms with Crippen LogP contribution in [0.4, 0.5) is 5.95 Å². The minimum atomic E-state index is -0.221. The van der Waals surface area contributed by atoms with Crippen LogP contribution in [0.1, 0.15) is 31.4 Å². The van der Waals surface area contributed by atoms with Crippen LogP contribution in [0.25, 0.3) is 10.9 Å². The van der Waals surface area contributed by atoms with Crippen molar-refractivity contribution in [1.82, 2.24) is 15.3 Å². The number of hydrogen-bond acceptors (Lipinski definition) is 6. The minimum Gasteiger partial charge on any atom is -0.497 e. The number of nitrogens with zero attached hydrogens (tertiary/aromatic N) is 3. The van der Waals surface area contributed by atoms with Crippen molar-refractivity contribution in [1.29, 1.82) is 0 Å². The highest BCUT2D eigenvalue weighted by Gasteiger charge is 2.33. The first kappa shape index (κ1) is 18.0. The molecule has 0 aliphatic carbocycles. The molecule has 2 aromatic rings. The molecule has 1 aromatic heterocycles. The van der Waals surface area contributed by atoms with Gasteiger partial charge in [0.2, 0.25) is 11.9 Å². The van der Waals surface area contributed by atoms with Gasteiger partial charge in [0.1, 0.15) is 11.8 Å². The summed E-state index contributed by atoms with van der Waals surface area (Å²) in [6, 6.07) is 5.56. The van der Waals surface area contributed by atoms with Crippen molar-refractivity contribution in [3.8, 4) is 5.75 Å². The predicted octanol–water partition coefficient (Wildman–Crippen LogP) is 2.21. The maximum atomic E-state index is 12.7. The second-order valence-corrected chi connectivity index (χ2v) is 7.22. The lowest BCUT2D eigenvalue weighted by molar-refractivity contribution is -0.122. The molecule has 3 heterocycles. The van der Waals surface area contributed by atoms with E-state index in [4.69, 9.17) is 14.5 Å². The Hall–Kier alpha value is -2.41. The van der Waals surface area contributed by atoms with E-state index < -0.39 is 0 Å². The highest BCUT2D eigenvalue weighted by molar-refractivity contribution is 5.87. The van der Waals surface area contributed by atoms with E-state index in [-0.39, 0.29) is 18.1 Å². The summed E-state index contributed by atoms with van der Waals surface area (Å²) in [6.07, 6.45) is 4.02. The first-order valence-corrected chi connectivity index (χ1v) is 9.64. The lowest BCUT2D eigenvalue weighted by atomic mass is 10.2. The van der Waals surface area contributed by atoms with Crippen molar-refractivity contribution < 1.29 is 14.3 Å². The maximum Gasteiger partial charge on any atom is 0.242 e. The summed E-state index contributed by atoms with van der Waals surface area (Å²) in [4.78, 5) is 24.2. The van der Waals surface area contributed by atoms with Crippen molar-refractivity contribution in [3.05, 3.63) is 23.9 Å². The first-order chi connectivity index (χ1) is 13.2. The normalized spacial score (nSPS) is 22.4. The summed E-state index contributed by atoms with van der Waals surface area (Å²) in [5.74, 6) is 1.45. The third-order valence-corrected chi connectivity index (χ3v) is 5.42. The van der Waals surface area contributed by atoms with Crippen LogP contribution < -0.4 is 15.0 Å². The van der Waals surface area contributed by atoms with Crippen LogP contribution in [-0.4, -0.2) is 54.8 Å². The molecule has 0 saturated carbocycles. The Morgan fingerprint density at radius 2 is 2.22 bits per heavy atom. The Balaban J connectivity index is 1.53. The molecule has 7 nitrogen and oxygen atoms in total. The van der Waals surface area contributed by atoms with Gasteiger partial charge in [0.15, 0.2) is 0 Å². The zero-order chi connectivity index (χ0) is 18.8. The third-order valence-electron chi connectivity index (χ3n) is 5.42. The van der Waals surface area contributed by atoms with E-state index in [1.165, 1.54) is 0 Å². The number of carbonyl (C=O) groups is 1. The van der Waals surface area contributed by atoms with Gasteiger partial charge < -0.3 is 19.7 Å². The fourth-order valence-corrected chi connectivity index (χ4v) is 3.92. The molecule has 0 bridgehead atoms. The molecule has 1 aromatic carbocycles. The van der Waals surface area contributed by atoms with Crippen LogP contribution in [-0.2, 0) is 9.53 Å². The second kappa shape index (κ2) is 7.68. The van der Waals surface area contributed by atoms with Gasteiger partial charge in [-0.05, 0) is 50.8 Å². The van der Waals surface area contributed by atoms with Gasteiger partial charge in [0.05, 0.1) is 24.4 Å². The largest absolute Gasteiger partial charge is 0.497 e. The van der Waals surface area contributed by atoms with Crippen LogP contribution in [0.2, 0.25) is 0 Å². The molecule has 2 aliphatic rings. The highest BCUT2D eigenvalue weighted by Crippen LogP contribution is 2.27. The number of amides is 1. The summed E-state index contributed by atoms with van der Waals surface area (Å²) in [5, 5.41) is 4.02. The molecule has 27 heavy (non-hydrogen) atoms. The predicted molar refractivity (Wildman–Crippen MR) is 103 cm³/mol. The molecule has 2 fully saturated rings. The van der Waals surface area contributed by atoms with Crippen LogP contribution in [0.3, 0.4) is 0 Å². The third kappa shape index (κ3) is 3.69. The van der Waals surface area contributed by atoms with Gasteiger partial charge in [-0.25, -0.2) is 9.97 Å². The van der Waals surface area contributed by atoms with Crippen LogP contribution in [0.15, 0.2) is 18.2 Å². The molecule has 2 atom stereocenters. The average molecular weight is 370 g/mol. The van der Waals surface area contributed by atoms with Crippen LogP contribution in [0.5, 0.6) is 5.75 Å². The van der Waals surface area contributed by atoms with E-state index in [0.29, 0.717) is 12.5 Å². The summed E-state index contributed by atoms with van der Waals surface area (Å²) in [6.45, 7) is 4.14. The van der Waals surface area contributed by atoms with E-state index in [1.54, 1.807) is 7.11 Å². The van der Waals surface area contributed by atoms with Crippen LogP contribution >= 0.6 is 0 Å². The number of fused-ring (bicyclic) bond motifs is 1. The first-order valence-electron chi connectivity index (χ1n) is 9.64. The van der Waals surface area contributed by atoms with Crippen molar-refractivity contribution in [2.45, 2.75) is 44.8 Å². The summed E-state index contributed by atoms with van der Waals surface area (Å²) in [7, 11) is 1.65. The maximum absolute atomic E-state index is 12.7. The Bertz CT molecular complexity index is 835. The molecule has 1 N–H and O–H groups in total. The van der Waals surface area contributed by atoms with E-state index in [2.05, 4.69) is 10.3 Å². The van der Waals surface area contributed by atoms with Gasteiger partial charge in [-0.2, -0.15) is 0 Å². The quantitative estimate of drug-likeness (QED) is 0.870. The molecule has 144 valence electrons. The zero-order valence-electron chi connectivity index (χ0n) is 15.9. The standard InChI is InChI=1S/C20H26N4O3/c1-13-16-11-14(26-2)7-8-17(16)23-20(22-13)24-9-3-6-18(24)19(25)21-12-15-5-4-10-27-15/h7-8,11,15,18H,3-6,9-10,12H2,1-2H3,(H,21,25)/t15-,18-/m1/s1. The van der Waals surface area contributed by atoms with Crippen LogP contribution in [0, 0.1) is 6.92 Å². The van der Waals surface area contributed by atoms with Gasteiger partial charge >= 0.3 is 0 Å². The molecule has 4 rings (SSSR count). The van der Waals surface area contributed by atoms with Gasteiger partial charge in [0.25, 0.3) is 0 Å². The Morgan fingerprint density at radius 1 is 1.33 bits per heavy atom. The molecule has 0 radical (unpaired) electrons. The van der Waals surface area contributed by atoms with E-state index >= 15 is 0 Å². The molecule has 7 heteroatoms. The number of carbonyl (C=O) groups excluding carboxylic acids is 1. The minimum absolute atomic E-state index is 0.0408. The topological polar surface area (TPSA) is 76.6 Å². The number of rotatable bonds is 5. The lowest BCUT2D eigenvalue weighted by Crippen LogP contribution is -2.46. The molecule has 0 unspecified atom stereocenters. The fraction of sp³-hybridized carbons (Fsp3) is 0.550. The summed E-state index contributed by atoms with van der Waals surface area (Å²) >= 11 is 0. The Labute approximate surface area is 159 Å². The number of aromatic nitrogens is 2. The Kier molecular flexibility index (Phi) is 5.11. The monoisotopic (exact) mass is 370 g/mol. The lowest BCUT2D eigenvalue weighted by Gasteiger charge is -2.25. The van der Waals surface area contributed by atoms with Crippen molar-refractivity contribution in [3.63, 3.8) is 0 Å². The van der Waals surface area contributed by atoms with Crippen molar-refractivity contribution >= 4 is 22.8 Å². The summed E-state index contributed by atoms with van der Waals surface area (Å²) in [5.41, 5.74) is 1.75. The van der Waals surface area contributed by atoms with Gasteiger partial charge in [-0.15, -0.1) is 0 Å². The molecule has 0 spiro atoms. The van der Waals surface area contributed by atoms with Gasteiger partial charge in [-0.3, -0.25) is 4.79 Å². The molecule has 1 amide bonds. The zero-order valence-corrected chi connectivity index (χ0v) is 15.9. The average Bonchev–Trinajstić information content (AvgIpc) is 3.37. The number of ether oxygens (including phenoxy) is 2. The molecule has 2 aliphatic heterocycles. The number of aryl methyl sites for hydroxylation is 1. The second-order valence-electron chi connectivity index (χ2n) is 7.22. The smallest absolute Gasteiger partial charge is 0.242 e. The number of nitrogens with one attached hydrogen (secondary N) is 1. The van der Waals surface area contributed by atoms with E-state index in [1.807, 2.05) is 30.0 Å². The number of anilines is 1. The SMILES string of the molecule is COc1ccc2nc(N3CCC[C@@H]3C(=O)NC[C@H]3CCCO3)nc(C)c2c1. The van der Waals surface area contributed by atoms with Crippen molar-refractivity contribution in [2.75, 3.05) is 31.7 Å². The molecular weight excluding hydrogens is 344 g/mol. The Morgan fingerprint density at radius 3 is 3.00 bits per heavy atom. The highest BCUT2D eigenvalue weighted by atomic mass is 16.5. The molecular formula is C20H26N4O3. The van der Waals surface area contributed by atoms with Gasteiger partial charge in [-0.1, -0.05) is 0 Å². The number of benzene rings is 1. The van der Waals surface area contributed by atoms with Crippen molar-refractivity contribution in [2.24, 2.45) is 0 Å². The molecule has 2 saturated heterocycles.